The lowest BCUT2D eigenvalue weighted by molar-refractivity contribution is 1.27. The summed E-state index contributed by atoms with van der Waals surface area (Å²) in [5, 5.41) is 0. The second kappa shape index (κ2) is 6.00. The molecule has 1 aromatic carbocycles. The van der Waals surface area contributed by atoms with Gasteiger partial charge in [-0.25, -0.2) is 0 Å². The van der Waals surface area contributed by atoms with E-state index in [2.05, 4.69) is 59.0 Å². The molecule has 0 nitrogen and oxygen atoms in total. The molecule has 0 fully saturated rings. The molecule has 62 valence electrons. The lowest BCUT2D eigenvalue weighted by atomic mass is 10.1. The Morgan fingerprint density at radius 3 is 2.50 bits per heavy atom. The van der Waals surface area contributed by atoms with E-state index in [9.17, 15) is 0 Å². The van der Waals surface area contributed by atoms with Crippen LogP contribution in [-0.2, 0) is 6.42 Å². The van der Waals surface area contributed by atoms with E-state index in [0.717, 1.165) is 6.42 Å². The number of allylic oxidation sites excluding steroid dienone is 3. The minimum Gasteiger partial charge on any atom is -0.0801 e. The number of hydrogen-bond acceptors (Lipinski definition) is 0. The molecule has 0 heterocycles. The summed E-state index contributed by atoms with van der Waals surface area (Å²) in [7, 11) is 0. The molecule has 0 radical (unpaired) electrons. The quantitative estimate of drug-likeness (QED) is 0.580. The highest BCUT2D eigenvalue weighted by Crippen LogP contribution is 2.00. The molecule has 0 saturated carbocycles. The van der Waals surface area contributed by atoms with Gasteiger partial charge < -0.3 is 0 Å². The van der Waals surface area contributed by atoms with Crippen LogP contribution in [0, 0.1) is 0 Å². The molecule has 0 aromatic heterocycles. The van der Waals surface area contributed by atoms with Gasteiger partial charge in [0.2, 0.25) is 0 Å². The fourth-order valence-electron chi connectivity index (χ4n) is 0.939. The zero-order valence-electron chi connectivity index (χ0n) is 6.78. The third kappa shape index (κ3) is 3.72. The van der Waals surface area contributed by atoms with Crippen LogP contribution in [0.5, 0.6) is 0 Å². The number of hydrogen-bond donors (Lipinski definition) is 0. The van der Waals surface area contributed by atoms with Gasteiger partial charge in [0.1, 0.15) is 0 Å². The van der Waals surface area contributed by atoms with Crippen LogP contribution < -0.4 is 0 Å². The predicted octanol–water partition coefficient (Wildman–Crippen LogP) is 3.73. The Labute approximate surface area is 87.1 Å². The van der Waals surface area contributed by atoms with Crippen molar-refractivity contribution in [3.8, 4) is 0 Å². The molecule has 12 heavy (non-hydrogen) atoms. The van der Waals surface area contributed by atoms with Crippen LogP contribution in [-0.4, -0.2) is 0 Å². The van der Waals surface area contributed by atoms with Crippen LogP contribution >= 0.6 is 22.6 Å². The highest BCUT2D eigenvalue weighted by molar-refractivity contribution is 14.1. The molecule has 0 aliphatic heterocycles. The molecule has 0 bridgehead atoms. The average Bonchev–Trinajstić information content (AvgIpc) is 2.14. The van der Waals surface area contributed by atoms with E-state index in [0.29, 0.717) is 0 Å². The zero-order chi connectivity index (χ0) is 8.65. The predicted molar refractivity (Wildman–Crippen MR) is 62.4 cm³/mol. The highest BCUT2D eigenvalue weighted by Gasteiger charge is 1.83. The van der Waals surface area contributed by atoms with Gasteiger partial charge in [-0.1, -0.05) is 71.2 Å². The SMILES string of the molecule is I/C=C/C=C/Cc1ccccc1. The van der Waals surface area contributed by atoms with Gasteiger partial charge in [0.25, 0.3) is 0 Å². The first kappa shape index (κ1) is 9.52. The third-order valence-corrected chi connectivity index (χ3v) is 1.93. The van der Waals surface area contributed by atoms with Crippen molar-refractivity contribution < 1.29 is 0 Å². The first-order chi connectivity index (χ1) is 5.93. The molecule has 0 amide bonds. The smallest absolute Gasteiger partial charge is 0.00943 e. The minimum atomic E-state index is 1.02. The molecule has 0 aliphatic carbocycles. The van der Waals surface area contributed by atoms with Crippen molar-refractivity contribution in [1.29, 1.82) is 0 Å². The van der Waals surface area contributed by atoms with Crippen molar-refractivity contribution in [1.82, 2.24) is 0 Å². The molecule has 0 aliphatic rings. The highest BCUT2D eigenvalue weighted by atomic mass is 127. The number of rotatable bonds is 3. The number of halogens is 1. The van der Waals surface area contributed by atoms with E-state index in [1.807, 2.05) is 16.2 Å². The molecule has 1 aromatic rings. The third-order valence-electron chi connectivity index (χ3n) is 1.52. The molecule has 0 unspecified atom stereocenters. The lowest BCUT2D eigenvalue weighted by Gasteiger charge is -1.92. The van der Waals surface area contributed by atoms with Crippen LogP contribution in [0.3, 0.4) is 0 Å². The van der Waals surface area contributed by atoms with E-state index < -0.39 is 0 Å². The second-order valence-electron chi connectivity index (χ2n) is 2.44. The summed E-state index contributed by atoms with van der Waals surface area (Å²) in [6.45, 7) is 0. The molecular formula is C11H11I. The Hall–Kier alpha value is -0.570. The zero-order valence-corrected chi connectivity index (χ0v) is 8.94. The topological polar surface area (TPSA) is 0 Å². The Balaban J connectivity index is 2.43. The number of benzene rings is 1. The Bertz CT molecular complexity index is 260. The van der Waals surface area contributed by atoms with Crippen molar-refractivity contribution in [2.75, 3.05) is 0 Å². The summed E-state index contributed by atoms with van der Waals surface area (Å²) in [6.07, 6.45) is 7.27. The van der Waals surface area contributed by atoms with Crippen LogP contribution in [0.2, 0.25) is 0 Å². The molecule has 1 heteroatoms. The van der Waals surface area contributed by atoms with Crippen molar-refractivity contribution >= 4 is 22.6 Å². The molecule has 0 N–H and O–H groups in total. The van der Waals surface area contributed by atoms with Gasteiger partial charge in [-0.05, 0) is 16.1 Å². The van der Waals surface area contributed by atoms with Crippen molar-refractivity contribution in [3.63, 3.8) is 0 Å². The van der Waals surface area contributed by atoms with Crippen molar-refractivity contribution in [3.05, 3.63) is 58.2 Å². The lowest BCUT2D eigenvalue weighted by Crippen LogP contribution is -1.77. The van der Waals surface area contributed by atoms with Crippen molar-refractivity contribution in [2.24, 2.45) is 0 Å². The summed E-state index contributed by atoms with van der Waals surface area (Å²) in [6, 6.07) is 10.4. The van der Waals surface area contributed by atoms with E-state index >= 15 is 0 Å². The fourth-order valence-corrected chi connectivity index (χ4v) is 1.18. The molecule has 1 rings (SSSR count). The Kier molecular flexibility index (Phi) is 4.76. The summed E-state index contributed by atoms with van der Waals surface area (Å²) in [5.41, 5.74) is 1.36. The van der Waals surface area contributed by atoms with Gasteiger partial charge in [-0.15, -0.1) is 0 Å². The maximum atomic E-state index is 2.21. The first-order valence-electron chi connectivity index (χ1n) is 3.89. The van der Waals surface area contributed by atoms with Gasteiger partial charge in [0.05, 0.1) is 0 Å². The standard InChI is InChI=1S/C11H11I/c12-10-6-2-5-9-11-7-3-1-4-8-11/h1-8,10H,9H2/b5-2+,10-6+. The van der Waals surface area contributed by atoms with Gasteiger partial charge in [0.15, 0.2) is 0 Å². The van der Waals surface area contributed by atoms with E-state index in [1.54, 1.807) is 0 Å². The maximum Gasteiger partial charge on any atom is -0.00943 e. The van der Waals surface area contributed by atoms with Crippen LogP contribution in [0.25, 0.3) is 0 Å². The maximum absolute atomic E-state index is 2.21. The van der Waals surface area contributed by atoms with Gasteiger partial charge in [-0.2, -0.15) is 0 Å². The summed E-state index contributed by atoms with van der Waals surface area (Å²) in [4.78, 5) is 0. The average molecular weight is 270 g/mol. The summed E-state index contributed by atoms with van der Waals surface area (Å²) < 4.78 is 2.00. The van der Waals surface area contributed by atoms with Crippen LogP contribution in [0.4, 0.5) is 0 Å². The summed E-state index contributed by atoms with van der Waals surface area (Å²) >= 11 is 2.21. The first-order valence-corrected chi connectivity index (χ1v) is 5.14. The fraction of sp³-hybridized carbons (Fsp3) is 0.0909. The minimum absolute atomic E-state index is 1.02. The summed E-state index contributed by atoms with van der Waals surface area (Å²) in [5.74, 6) is 0. The molecule has 0 saturated heterocycles. The molecular weight excluding hydrogens is 259 g/mol. The van der Waals surface area contributed by atoms with Gasteiger partial charge in [0, 0.05) is 0 Å². The molecule has 0 spiro atoms. The van der Waals surface area contributed by atoms with Crippen LogP contribution in [0.1, 0.15) is 5.56 Å². The van der Waals surface area contributed by atoms with E-state index in [1.165, 1.54) is 5.56 Å². The monoisotopic (exact) mass is 270 g/mol. The van der Waals surface area contributed by atoms with Gasteiger partial charge in [-0.3, -0.25) is 0 Å². The largest absolute Gasteiger partial charge is 0.0801 e. The van der Waals surface area contributed by atoms with Gasteiger partial charge >= 0.3 is 0 Å². The Morgan fingerprint density at radius 2 is 1.83 bits per heavy atom. The van der Waals surface area contributed by atoms with Crippen LogP contribution in [0.15, 0.2) is 52.6 Å². The van der Waals surface area contributed by atoms with Crippen molar-refractivity contribution in [2.45, 2.75) is 6.42 Å². The second-order valence-corrected chi connectivity index (χ2v) is 3.16. The van der Waals surface area contributed by atoms with E-state index in [4.69, 9.17) is 0 Å². The van der Waals surface area contributed by atoms with E-state index in [-0.39, 0.29) is 0 Å². The molecule has 0 atom stereocenters. The Morgan fingerprint density at radius 1 is 1.08 bits per heavy atom. The normalized spacial score (nSPS) is 11.4.